The molecule has 2 aromatic rings. The molecule has 3 rings (SSSR count). The van der Waals surface area contributed by atoms with Gasteiger partial charge in [0.25, 0.3) is 0 Å². The lowest BCUT2D eigenvalue weighted by Gasteiger charge is -2.30. The summed E-state index contributed by atoms with van der Waals surface area (Å²) in [4.78, 5) is 2.03. The minimum atomic E-state index is -4.36. The van der Waals surface area contributed by atoms with Gasteiger partial charge in [-0.05, 0) is 41.8 Å². The van der Waals surface area contributed by atoms with Crippen LogP contribution in [0.3, 0.4) is 0 Å². The summed E-state index contributed by atoms with van der Waals surface area (Å²) in [6.07, 6.45) is -4.36. The highest BCUT2D eigenvalue weighted by atomic mass is 19.4. The van der Waals surface area contributed by atoms with Gasteiger partial charge in [0.1, 0.15) is 5.75 Å². The van der Waals surface area contributed by atoms with Crippen LogP contribution in [0.1, 0.15) is 41.3 Å². The van der Waals surface area contributed by atoms with Crippen molar-refractivity contribution in [2.24, 2.45) is 5.73 Å². The SMILES string of the molecule is COc1ccc(C(C)N2Cc3c(cccc3C(F)(F)F)C2CN)cc1. The van der Waals surface area contributed by atoms with Gasteiger partial charge in [-0.1, -0.05) is 24.3 Å². The molecule has 0 fully saturated rings. The molecule has 0 aromatic heterocycles. The van der Waals surface area contributed by atoms with Gasteiger partial charge < -0.3 is 10.5 Å². The average Bonchev–Trinajstić information content (AvgIpc) is 2.98. The molecule has 1 aliphatic heterocycles. The molecule has 2 N–H and O–H groups in total. The fraction of sp³-hybridized carbons (Fsp3) is 0.368. The first-order valence-corrected chi connectivity index (χ1v) is 8.15. The van der Waals surface area contributed by atoms with Crippen LogP contribution in [0.4, 0.5) is 13.2 Å². The topological polar surface area (TPSA) is 38.5 Å². The minimum Gasteiger partial charge on any atom is -0.497 e. The molecule has 3 nitrogen and oxygen atoms in total. The number of alkyl halides is 3. The first-order valence-electron chi connectivity index (χ1n) is 8.15. The average molecular weight is 350 g/mol. The molecule has 2 unspecified atom stereocenters. The molecule has 0 bridgehead atoms. The Morgan fingerprint density at radius 3 is 2.44 bits per heavy atom. The van der Waals surface area contributed by atoms with Crippen molar-refractivity contribution in [3.63, 3.8) is 0 Å². The quantitative estimate of drug-likeness (QED) is 0.894. The molecule has 1 aliphatic rings. The van der Waals surface area contributed by atoms with Crippen LogP contribution < -0.4 is 10.5 Å². The van der Waals surface area contributed by atoms with Gasteiger partial charge >= 0.3 is 6.18 Å². The van der Waals surface area contributed by atoms with E-state index in [4.69, 9.17) is 10.5 Å². The van der Waals surface area contributed by atoms with Gasteiger partial charge in [-0.15, -0.1) is 0 Å². The summed E-state index contributed by atoms with van der Waals surface area (Å²) < 4.78 is 45.2. The van der Waals surface area contributed by atoms with Crippen LogP contribution in [-0.2, 0) is 12.7 Å². The maximum absolute atomic E-state index is 13.3. The number of halogens is 3. The number of benzene rings is 2. The van der Waals surface area contributed by atoms with Crippen LogP contribution in [0.15, 0.2) is 42.5 Å². The molecule has 0 radical (unpaired) electrons. The van der Waals surface area contributed by atoms with Crippen molar-refractivity contribution in [2.45, 2.75) is 31.7 Å². The standard InChI is InChI=1S/C19H21F3N2O/c1-12(13-6-8-14(25-2)9-7-13)24-11-16-15(18(24)10-23)4-3-5-17(16)19(20,21)22/h3-9,12,18H,10-11,23H2,1-2H3. The lowest BCUT2D eigenvalue weighted by molar-refractivity contribution is -0.138. The molecule has 1 heterocycles. The zero-order valence-electron chi connectivity index (χ0n) is 14.2. The van der Waals surface area contributed by atoms with E-state index in [1.165, 1.54) is 6.07 Å². The molecule has 25 heavy (non-hydrogen) atoms. The van der Waals surface area contributed by atoms with Crippen molar-refractivity contribution in [3.05, 3.63) is 64.7 Å². The van der Waals surface area contributed by atoms with E-state index in [0.29, 0.717) is 11.1 Å². The lowest BCUT2D eigenvalue weighted by atomic mass is 9.99. The highest BCUT2D eigenvalue weighted by Gasteiger charge is 2.40. The Labute approximate surface area is 145 Å². The predicted octanol–water partition coefficient (Wildman–Crippen LogP) is 4.29. The number of rotatable bonds is 4. The van der Waals surface area contributed by atoms with Crippen LogP contribution in [0, 0.1) is 0 Å². The zero-order valence-corrected chi connectivity index (χ0v) is 14.2. The molecule has 0 saturated heterocycles. The first-order chi connectivity index (χ1) is 11.9. The van der Waals surface area contributed by atoms with E-state index in [0.717, 1.165) is 17.4 Å². The second-order valence-corrected chi connectivity index (χ2v) is 6.24. The molecule has 2 atom stereocenters. The Kier molecular flexibility index (Phi) is 4.75. The van der Waals surface area contributed by atoms with Crippen LogP contribution in [-0.4, -0.2) is 18.6 Å². The van der Waals surface area contributed by atoms with Gasteiger partial charge in [-0.3, -0.25) is 4.90 Å². The van der Waals surface area contributed by atoms with Crippen molar-refractivity contribution in [2.75, 3.05) is 13.7 Å². The number of nitrogens with two attached hydrogens (primary N) is 1. The Balaban J connectivity index is 1.95. The van der Waals surface area contributed by atoms with Gasteiger partial charge in [-0.25, -0.2) is 0 Å². The van der Waals surface area contributed by atoms with Crippen LogP contribution in [0.5, 0.6) is 5.75 Å². The van der Waals surface area contributed by atoms with Gasteiger partial charge in [0, 0.05) is 25.2 Å². The minimum absolute atomic E-state index is 0.0621. The number of nitrogens with zero attached hydrogens (tertiary/aromatic N) is 1. The lowest BCUT2D eigenvalue weighted by Crippen LogP contribution is -2.30. The summed E-state index contributed by atoms with van der Waals surface area (Å²) in [5.74, 6) is 0.746. The van der Waals surface area contributed by atoms with Crippen molar-refractivity contribution in [1.29, 1.82) is 0 Å². The third-order valence-electron chi connectivity index (χ3n) is 4.94. The largest absolute Gasteiger partial charge is 0.497 e. The molecule has 0 aliphatic carbocycles. The molecule has 2 aromatic carbocycles. The molecule has 0 saturated carbocycles. The second-order valence-electron chi connectivity index (χ2n) is 6.24. The van der Waals surface area contributed by atoms with E-state index in [2.05, 4.69) is 0 Å². The third kappa shape index (κ3) is 3.24. The molecule has 6 heteroatoms. The van der Waals surface area contributed by atoms with Gasteiger partial charge in [-0.2, -0.15) is 13.2 Å². The van der Waals surface area contributed by atoms with E-state index in [1.54, 1.807) is 13.2 Å². The Hall–Kier alpha value is -2.05. The van der Waals surface area contributed by atoms with E-state index < -0.39 is 11.7 Å². The van der Waals surface area contributed by atoms with E-state index in [1.807, 2.05) is 36.1 Å². The van der Waals surface area contributed by atoms with Gasteiger partial charge in [0.2, 0.25) is 0 Å². The highest BCUT2D eigenvalue weighted by molar-refractivity contribution is 5.43. The smallest absolute Gasteiger partial charge is 0.416 e. The van der Waals surface area contributed by atoms with E-state index in [-0.39, 0.29) is 25.2 Å². The zero-order chi connectivity index (χ0) is 18.2. The molecule has 0 amide bonds. The summed E-state index contributed by atoms with van der Waals surface area (Å²) in [5, 5.41) is 0. The number of hydrogen-bond acceptors (Lipinski definition) is 3. The molecule has 0 spiro atoms. The van der Waals surface area contributed by atoms with Crippen molar-refractivity contribution >= 4 is 0 Å². The maximum atomic E-state index is 13.3. The highest BCUT2D eigenvalue weighted by Crippen LogP contribution is 2.44. The predicted molar refractivity (Wildman–Crippen MR) is 90.2 cm³/mol. The number of ether oxygens (including phenoxy) is 1. The molecular formula is C19H21F3N2O. The summed E-state index contributed by atoms with van der Waals surface area (Å²) in [6.45, 7) is 2.50. The Bertz CT molecular complexity index is 743. The first kappa shape index (κ1) is 17.8. The van der Waals surface area contributed by atoms with Crippen molar-refractivity contribution in [3.8, 4) is 5.75 Å². The maximum Gasteiger partial charge on any atom is 0.416 e. The van der Waals surface area contributed by atoms with Crippen molar-refractivity contribution in [1.82, 2.24) is 4.90 Å². The fourth-order valence-corrected chi connectivity index (χ4v) is 3.57. The van der Waals surface area contributed by atoms with Crippen molar-refractivity contribution < 1.29 is 17.9 Å². The number of fused-ring (bicyclic) bond motifs is 1. The van der Waals surface area contributed by atoms with E-state index >= 15 is 0 Å². The summed E-state index contributed by atoms with van der Waals surface area (Å²) in [7, 11) is 1.60. The van der Waals surface area contributed by atoms with Gasteiger partial charge in [0.05, 0.1) is 12.7 Å². The number of methoxy groups -OCH3 is 1. The third-order valence-corrected chi connectivity index (χ3v) is 4.94. The van der Waals surface area contributed by atoms with Crippen LogP contribution in [0.2, 0.25) is 0 Å². The summed E-state index contributed by atoms with van der Waals surface area (Å²) >= 11 is 0. The van der Waals surface area contributed by atoms with Gasteiger partial charge in [0.15, 0.2) is 0 Å². The molecular weight excluding hydrogens is 329 g/mol. The summed E-state index contributed by atoms with van der Waals surface area (Å²) in [5.41, 5.74) is 7.39. The summed E-state index contributed by atoms with van der Waals surface area (Å²) in [6, 6.07) is 11.7. The normalized spacial score (nSPS) is 18.9. The fourth-order valence-electron chi connectivity index (χ4n) is 3.57. The molecule has 134 valence electrons. The van der Waals surface area contributed by atoms with E-state index in [9.17, 15) is 13.2 Å². The Morgan fingerprint density at radius 2 is 1.88 bits per heavy atom. The Morgan fingerprint density at radius 1 is 1.20 bits per heavy atom. The number of hydrogen-bond donors (Lipinski definition) is 1. The monoisotopic (exact) mass is 350 g/mol. The second kappa shape index (κ2) is 6.69. The van der Waals surface area contributed by atoms with Crippen LogP contribution in [0.25, 0.3) is 0 Å². The van der Waals surface area contributed by atoms with Crippen LogP contribution >= 0.6 is 0 Å².